The Bertz CT molecular complexity index is 940. The van der Waals surface area contributed by atoms with Gasteiger partial charge in [-0.25, -0.2) is 8.42 Å². The molecule has 0 heterocycles. The summed E-state index contributed by atoms with van der Waals surface area (Å²) < 4.78 is 32.9. The van der Waals surface area contributed by atoms with E-state index in [-0.39, 0.29) is 11.3 Å². The van der Waals surface area contributed by atoms with Crippen molar-refractivity contribution in [2.75, 3.05) is 7.11 Å². The van der Waals surface area contributed by atoms with Gasteiger partial charge in [0.15, 0.2) is 0 Å². The van der Waals surface area contributed by atoms with Gasteiger partial charge in [0.05, 0.1) is 18.1 Å². The molecule has 0 radical (unpaired) electrons. The zero-order chi connectivity index (χ0) is 21.0. The average Bonchev–Trinajstić information content (AvgIpc) is 2.72. The molecule has 0 spiro atoms. The van der Waals surface area contributed by atoms with Crippen molar-refractivity contribution < 1.29 is 28.2 Å². The van der Waals surface area contributed by atoms with Crippen LogP contribution in [0.2, 0.25) is 0 Å². The van der Waals surface area contributed by atoms with Crippen LogP contribution in [0.4, 0.5) is 0 Å². The maximum Gasteiger partial charge on any atom is 0.322 e. The van der Waals surface area contributed by atoms with E-state index in [1.54, 1.807) is 19.2 Å². The number of hydrogen-bond donors (Lipinski definition) is 3. The normalized spacial score (nSPS) is 20.8. The van der Waals surface area contributed by atoms with Gasteiger partial charge < -0.3 is 14.9 Å². The fourth-order valence-corrected chi connectivity index (χ4v) is 4.96. The van der Waals surface area contributed by atoms with Gasteiger partial charge in [-0.2, -0.15) is 4.72 Å². The van der Waals surface area contributed by atoms with Crippen molar-refractivity contribution in [1.29, 1.82) is 0 Å². The van der Waals surface area contributed by atoms with Gasteiger partial charge in [-0.15, -0.1) is 0 Å². The summed E-state index contributed by atoms with van der Waals surface area (Å²) in [5.41, 5.74) is 1.74. The number of aliphatic hydroxyl groups is 1. The van der Waals surface area contributed by atoms with E-state index in [0.29, 0.717) is 19.3 Å². The largest absolute Gasteiger partial charge is 0.497 e. The minimum absolute atomic E-state index is 0.00244. The van der Waals surface area contributed by atoms with Crippen LogP contribution in [-0.4, -0.2) is 43.9 Å². The number of methoxy groups -OCH3 is 1. The first-order valence-corrected chi connectivity index (χ1v) is 11.0. The molecule has 3 N–H and O–H groups in total. The lowest BCUT2D eigenvalue weighted by molar-refractivity contribution is -0.141. The van der Waals surface area contributed by atoms with Gasteiger partial charge in [-0.3, -0.25) is 4.79 Å². The van der Waals surface area contributed by atoms with E-state index >= 15 is 0 Å². The molecule has 1 aliphatic carbocycles. The maximum absolute atomic E-state index is 12.7. The SMILES string of the molecule is COc1ccc(-c2ccc(S(=O)(=O)NC(C(=O)O)C3CCCC(O)C3)cc2)cc1. The molecule has 3 unspecified atom stereocenters. The Morgan fingerprint density at radius 1 is 1.07 bits per heavy atom. The Morgan fingerprint density at radius 3 is 2.17 bits per heavy atom. The van der Waals surface area contributed by atoms with Crippen LogP contribution in [-0.2, 0) is 14.8 Å². The molecule has 0 amide bonds. The second-order valence-corrected chi connectivity index (χ2v) is 8.98. The van der Waals surface area contributed by atoms with E-state index in [9.17, 15) is 23.4 Å². The number of aliphatic carboxylic acids is 1. The number of rotatable bonds is 7. The number of ether oxygens (including phenoxy) is 1. The summed E-state index contributed by atoms with van der Waals surface area (Å²) in [6, 6.07) is 12.4. The van der Waals surface area contributed by atoms with Crippen LogP contribution in [0.3, 0.4) is 0 Å². The van der Waals surface area contributed by atoms with Crippen molar-refractivity contribution in [2.45, 2.75) is 42.7 Å². The monoisotopic (exact) mass is 419 g/mol. The van der Waals surface area contributed by atoms with Crippen LogP contribution in [0.5, 0.6) is 5.75 Å². The fourth-order valence-electron chi connectivity index (χ4n) is 3.70. The number of benzene rings is 2. The zero-order valence-electron chi connectivity index (χ0n) is 16.1. The van der Waals surface area contributed by atoms with Gasteiger partial charge in [0.1, 0.15) is 11.8 Å². The predicted octanol–water partition coefficient (Wildman–Crippen LogP) is 2.64. The Morgan fingerprint density at radius 2 is 1.66 bits per heavy atom. The average molecular weight is 419 g/mol. The molecular formula is C21H25NO6S. The fraction of sp³-hybridized carbons (Fsp3) is 0.381. The number of carboxylic acid groups (broad SMARTS) is 1. The molecule has 156 valence electrons. The highest BCUT2D eigenvalue weighted by Gasteiger charge is 2.35. The van der Waals surface area contributed by atoms with Crippen molar-refractivity contribution in [2.24, 2.45) is 5.92 Å². The van der Waals surface area contributed by atoms with Crippen molar-refractivity contribution in [3.63, 3.8) is 0 Å². The van der Waals surface area contributed by atoms with Crippen LogP contribution in [0.1, 0.15) is 25.7 Å². The zero-order valence-corrected chi connectivity index (χ0v) is 16.9. The smallest absolute Gasteiger partial charge is 0.322 e. The van der Waals surface area contributed by atoms with Crippen LogP contribution >= 0.6 is 0 Å². The van der Waals surface area contributed by atoms with E-state index < -0.39 is 34.1 Å². The van der Waals surface area contributed by atoms with Gasteiger partial charge in [-0.1, -0.05) is 30.7 Å². The Balaban J connectivity index is 1.77. The Kier molecular flexibility index (Phi) is 6.56. The third-order valence-electron chi connectivity index (χ3n) is 5.29. The van der Waals surface area contributed by atoms with Crippen molar-refractivity contribution >= 4 is 16.0 Å². The third kappa shape index (κ3) is 5.14. The summed E-state index contributed by atoms with van der Waals surface area (Å²) in [6.07, 6.45) is 1.53. The second kappa shape index (κ2) is 8.94. The van der Waals surface area contributed by atoms with Gasteiger partial charge >= 0.3 is 5.97 Å². The maximum atomic E-state index is 12.7. The van der Waals surface area contributed by atoms with Crippen LogP contribution < -0.4 is 9.46 Å². The van der Waals surface area contributed by atoms with E-state index in [4.69, 9.17) is 4.74 Å². The molecule has 0 aliphatic heterocycles. The minimum atomic E-state index is -4.01. The summed E-state index contributed by atoms with van der Waals surface area (Å²) in [4.78, 5) is 11.7. The molecule has 1 fully saturated rings. The van der Waals surface area contributed by atoms with E-state index in [1.807, 2.05) is 24.3 Å². The number of nitrogens with one attached hydrogen (secondary N) is 1. The molecule has 1 saturated carbocycles. The van der Waals surface area contributed by atoms with Gasteiger partial charge in [0, 0.05) is 0 Å². The quantitative estimate of drug-likeness (QED) is 0.636. The predicted molar refractivity (Wildman–Crippen MR) is 108 cm³/mol. The molecule has 7 nitrogen and oxygen atoms in total. The molecule has 1 aliphatic rings. The molecular weight excluding hydrogens is 394 g/mol. The third-order valence-corrected chi connectivity index (χ3v) is 6.75. The van der Waals surface area contributed by atoms with E-state index in [2.05, 4.69) is 4.72 Å². The molecule has 3 atom stereocenters. The van der Waals surface area contributed by atoms with Crippen LogP contribution in [0, 0.1) is 5.92 Å². The number of hydrogen-bond acceptors (Lipinski definition) is 5. The van der Waals surface area contributed by atoms with Gasteiger partial charge in [0.2, 0.25) is 10.0 Å². The summed E-state index contributed by atoms with van der Waals surface area (Å²) in [5.74, 6) is -0.947. The van der Waals surface area contributed by atoms with Gasteiger partial charge in [0.25, 0.3) is 0 Å². The number of carbonyl (C=O) groups is 1. The highest BCUT2D eigenvalue weighted by atomic mass is 32.2. The summed E-state index contributed by atoms with van der Waals surface area (Å²) in [7, 11) is -2.43. The summed E-state index contributed by atoms with van der Waals surface area (Å²) >= 11 is 0. The lowest BCUT2D eigenvalue weighted by atomic mass is 9.83. The van der Waals surface area contributed by atoms with Crippen molar-refractivity contribution in [3.8, 4) is 16.9 Å². The molecule has 0 saturated heterocycles. The first-order valence-electron chi connectivity index (χ1n) is 9.48. The number of carboxylic acids is 1. The van der Waals surface area contributed by atoms with Crippen LogP contribution in [0.25, 0.3) is 11.1 Å². The first kappa shape index (κ1) is 21.3. The molecule has 0 bridgehead atoms. The lowest BCUT2D eigenvalue weighted by Crippen LogP contribution is -2.47. The van der Waals surface area contributed by atoms with Gasteiger partial charge in [-0.05, 0) is 60.6 Å². The standard InChI is InChI=1S/C21H25NO6S/c1-28-18-9-5-14(6-10-18)15-7-11-19(12-8-15)29(26,27)22-20(21(24)25)16-3-2-4-17(23)13-16/h5-12,16-17,20,22-23H,2-4,13H2,1H3,(H,24,25). The minimum Gasteiger partial charge on any atom is -0.497 e. The number of aliphatic hydroxyl groups excluding tert-OH is 1. The van der Waals surface area contributed by atoms with Crippen LogP contribution in [0.15, 0.2) is 53.4 Å². The first-order chi connectivity index (χ1) is 13.8. The Labute approximate surface area is 170 Å². The van der Waals surface area contributed by atoms with E-state index in [1.165, 1.54) is 12.1 Å². The molecule has 8 heteroatoms. The summed E-state index contributed by atoms with van der Waals surface area (Å²) in [6.45, 7) is 0. The molecule has 29 heavy (non-hydrogen) atoms. The molecule has 0 aromatic heterocycles. The highest BCUT2D eigenvalue weighted by molar-refractivity contribution is 7.89. The van der Waals surface area contributed by atoms with Crippen molar-refractivity contribution in [3.05, 3.63) is 48.5 Å². The summed E-state index contributed by atoms with van der Waals surface area (Å²) in [5, 5.41) is 19.4. The molecule has 3 rings (SSSR count). The van der Waals surface area contributed by atoms with E-state index in [0.717, 1.165) is 16.9 Å². The molecule has 2 aromatic rings. The number of sulfonamides is 1. The molecule has 2 aromatic carbocycles. The van der Waals surface area contributed by atoms with Crippen molar-refractivity contribution in [1.82, 2.24) is 4.72 Å². The second-order valence-electron chi connectivity index (χ2n) is 7.27. The highest BCUT2D eigenvalue weighted by Crippen LogP contribution is 2.29. The Hall–Kier alpha value is -2.42. The topological polar surface area (TPSA) is 113 Å². The lowest BCUT2D eigenvalue weighted by Gasteiger charge is -2.30.